The van der Waals surface area contributed by atoms with Crippen LogP contribution in [-0.2, 0) is 45.2 Å². The third-order valence-electron chi connectivity index (χ3n) is 6.47. The van der Waals surface area contributed by atoms with Crippen molar-refractivity contribution in [3.63, 3.8) is 0 Å². The lowest BCUT2D eigenvalue weighted by atomic mass is 9.93. The number of ether oxygens (including phenoxy) is 2. The lowest BCUT2D eigenvalue weighted by Gasteiger charge is -2.17. The van der Waals surface area contributed by atoms with Crippen molar-refractivity contribution in [2.75, 3.05) is 0 Å². The molecule has 0 bridgehead atoms. The summed E-state index contributed by atoms with van der Waals surface area (Å²) in [6, 6.07) is 35.7. The number of nitrogens with one attached hydrogen (secondary N) is 1. The zero-order valence-corrected chi connectivity index (χ0v) is 22.3. The number of hydrogen-bond acceptors (Lipinski definition) is 5. The minimum Gasteiger partial charge on any atom is -0.461 e. The summed E-state index contributed by atoms with van der Waals surface area (Å²) >= 11 is 0. The van der Waals surface area contributed by atoms with Gasteiger partial charge in [-0.25, -0.2) is 4.79 Å². The van der Waals surface area contributed by atoms with Crippen LogP contribution in [0.3, 0.4) is 0 Å². The van der Waals surface area contributed by atoms with Crippen LogP contribution in [0.1, 0.15) is 45.5 Å². The molecular weight excluding hydrogens is 502 g/mol. The second kappa shape index (κ2) is 15.0. The Hall–Kier alpha value is -4.71. The lowest BCUT2D eigenvalue weighted by Crippen LogP contribution is -2.26. The molecule has 0 aromatic heterocycles. The number of rotatable bonds is 13. The monoisotopic (exact) mass is 535 g/mol. The number of benzene rings is 4. The number of carbonyl (C=O) groups excluding carboxylic acids is 3. The van der Waals surface area contributed by atoms with Gasteiger partial charge < -0.3 is 14.8 Å². The van der Waals surface area contributed by atoms with Crippen LogP contribution in [-0.4, -0.2) is 17.8 Å². The number of amides is 1. The fourth-order valence-electron chi connectivity index (χ4n) is 4.26. The summed E-state index contributed by atoms with van der Waals surface area (Å²) in [5, 5.41) is 2.91. The van der Waals surface area contributed by atoms with Gasteiger partial charge in [-0.15, -0.1) is 0 Å². The second-order valence-corrected chi connectivity index (χ2v) is 9.56. The molecule has 1 atom stereocenters. The smallest absolute Gasteiger partial charge is 0.338 e. The first-order valence-corrected chi connectivity index (χ1v) is 13.4. The summed E-state index contributed by atoms with van der Waals surface area (Å²) < 4.78 is 11.1. The molecule has 4 rings (SSSR count). The molecule has 204 valence electrons. The van der Waals surface area contributed by atoms with Crippen molar-refractivity contribution >= 4 is 17.8 Å². The SMILES string of the molecule is O=C(CCC(Cc1cccc(C(=O)OCc2ccccc2)c1)C(=O)OCc1ccccc1)NCc1ccccc1. The van der Waals surface area contributed by atoms with Gasteiger partial charge in [0.2, 0.25) is 5.91 Å². The Bertz CT molecular complexity index is 1370. The Balaban J connectivity index is 1.38. The predicted octanol–water partition coefficient (Wildman–Crippen LogP) is 6.04. The van der Waals surface area contributed by atoms with Crippen molar-refractivity contribution < 1.29 is 23.9 Å². The summed E-state index contributed by atoms with van der Waals surface area (Å²) in [4.78, 5) is 38.4. The van der Waals surface area contributed by atoms with Gasteiger partial charge in [-0.05, 0) is 47.2 Å². The Morgan fingerprint density at radius 3 is 1.80 bits per heavy atom. The van der Waals surface area contributed by atoms with Gasteiger partial charge in [0.25, 0.3) is 0 Å². The fourth-order valence-corrected chi connectivity index (χ4v) is 4.26. The van der Waals surface area contributed by atoms with Crippen LogP contribution in [0.25, 0.3) is 0 Å². The number of carbonyl (C=O) groups is 3. The summed E-state index contributed by atoms with van der Waals surface area (Å²) in [5.74, 6) is -1.50. The molecule has 1 unspecified atom stereocenters. The van der Waals surface area contributed by atoms with Crippen LogP contribution in [0.5, 0.6) is 0 Å². The van der Waals surface area contributed by atoms with Crippen LogP contribution in [0.4, 0.5) is 0 Å². The van der Waals surface area contributed by atoms with Crippen molar-refractivity contribution in [3.8, 4) is 0 Å². The third kappa shape index (κ3) is 9.24. The van der Waals surface area contributed by atoms with Gasteiger partial charge in [0, 0.05) is 13.0 Å². The van der Waals surface area contributed by atoms with E-state index in [1.54, 1.807) is 18.2 Å². The second-order valence-electron chi connectivity index (χ2n) is 9.56. The van der Waals surface area contributed by atoms with Gasteiger partial charge in [-0.1, -0.05) is 103 Å². The van der Waals surface area contributed by atoms with E-state index >= 15 is 0 Å². The van der Waals surface area contributed by atoms with Crippen LogP contribution in [0.2, 0.25) is 0 Å². The van der Waals surface area contributed by atoms with E-state index in [1.165, 1.54) is 0 Å². The largest absolute Gasteiger partial charge is 0.461 e. The van der Waals surface area contributed by atoms with Gasteiger partial charge in [0.05, 0.1) is 11.5 Å². The number of hydrogen-bond donors (Lipinski definition) is 1. The average Bonchev–Trinajstić information content (AvgIpc) is 3.01. The Morgan fingerprint density at radius 2 is 1.18 bits per heavy atom. The van der Waals surface area contributed by atoms with Crippen LogP contribution < -0.4 is 5.32 Å². The van der Waals surface area contributed by atoms with Crippen LogP contribution in [0.15, 0.2) is 115 Å². The molecule has 40 heavy (non-hydrogen) atoms. The normalized spacial score (nSPS) is 11.3. The summed E-state index contributed by atoms with van der Waals surface area (Å²) in [6.07, 6.45) is 0.826. The highest BCUT2D eigenvalue weighted by molar-refractivity contribution is 5.89. The maximum atomic E-state index is 13.1. The average molecular weight is 536 g/mol. The molecule has 0 fully saturated rings. The number of esters is 2. The molecule has 0 aliphatic carbocycles. The van der Waals surface area contributed by atoms with Crippen LogP contribution in [0, 0.1) is 5.92 Å². The highest BCUT2D eigenvalue weighted by atomic mass is 16.5. The molecule has 4 aromatic carbocycles. The molecule has 1 N–H and O–H groups in total. The maximum absolute atomic E-state index is 13.1. The minimum absolute atomic E-state index is 0.136. The third-order valence-corrected chi connectivity index (χ3v) is 6.47. The molecule has 0 saturated heterocycles. The van der Waals surface area contributed by atoms with Crippen molar-refractivity contribution in [1.29, 1.82) is 0 Å². The molecular formula is C34H33NO5. The minimum atomic E-state index is -0.554. The van der Waals surface area contributed by atoms with Gasteiger partial charge in [0.1, 0.15) is 13.2 Å². The van der Waals surface area contributed by atoms with Crippen molar-refractivity contribution in [2.45, 2.75) is 39.0 Å². The van der Waals surface area contributed by atoms with E-state index in [4.69, 9.17) is 9.47 Å². The van der Waals surface area contributed by atoms with E-state index in [-0.39, 0.29) is 31.5 Å². The molecule has 1 amide bonds. The van der Waals surface area contributed by atoms with E-state index in [9.17, 15) is 14.4 Å². The zero-order chi connectivity index (χ0) is 28.0. The first-order chi connectivity index (χ1) is 19.6. The Kier molecular flexibility index (Phi) is 10.6. The quantitative estimate of drug-likeness (QED) is 0.211. The Morgan fingerprint density at radius 1 is 0.625 bits per heavy atom. The fraction of sp³-hybridized carbons (Fsp3) is 0.206. The van der Waals surface area contributed by atoms with Gasteiger partial charge >= 0.3 is 11.9 Å². The van der Waals surface area contributed by atoms with E-state index in [0.29, 0.717) is 24.9 Å². The van der Waals surface area contributed by atoms with Gasteiger partial charge in [-0.2, -0.15) is 0 Å². The maximum Gasteiger partial charge on any atom is 0.338 e. The highest BCUT2D eigenvalue weighted by Crippen LogP contribution is 2.19. The molecule has 0 aliphatic heterocycles. The Labute approximate surface area is 235 Å². The van der Waals surface area contributed by atoms with Crippen molar-refractivity contribution in [2.24, 2.45) is 5.92 Å². The van der Waals surface area contributed by atoms with Crippen LogP contribution >= 0.6 is 0 Å². The zero-order valence-electron chi connectivity index (χ0n) is 22.3. The van der Waals surface area contributed by atoms with E-state index in [0.717, 1.165) is 22.3 Å². The molecule has 4 aromatic rings. The summed E-state index contributed by atoms with van der Waals surface area (Å²) in [5.41, 5.74) is 3.99. The van der Waals surface area contributed by atoms with E-state index in [1.807, 2.05) is 97.1 Å². The first kappa shape index (κ1) is 28.3. The lowest BCUT2D eigenvalue weighted by molar-refractivity contribution is -0.150. The standard InChI is InChI=1S/C34H33NO5/c36-32(35-23-26-11-4-1-5-12-26)20-19-31(34(38)40-25-28-15-8-3-9-16-28)22-29-17-10-18-30(21-29)33(37)39-24-27-13-6-2-7-14-27/h1-18,21,31H,19-20,22-25H2,(H,35,36). The van der Waals surface area contributed by atoms with E-state index < -0.39 is 11.9 Å². The molecule has 0 spiro atoms. The van der Waals surface area contributed by atoms with Gasteiger partial charge in [-0.3, -0.25) is 9.59 Å². The molecule has 0 aliphatic rings. The van der Waals surface area contributed by atoms with Crippen molar-refractivity contribution in [1.82, 2.24) is 5.32 Å². The predicted molar refractivity (Wildman–Crippen MR) is 153 cm³/mol. The van der Waals surface area contributed by atoms with E-state index in [2.05, 4.69) is 5.32 Å². The summed E-state index contributed by atoms with van der Waals surface area (Å²) in [6.45, 7) is 0.759. The van der Waals surface area contributed by atoms with Gasteiger partial charge in [0.15, 0.2) is 0 Å². The summed E-state index contributed by atoms with van der Waals surface area (Å²) in [7, 11) is 0. The topological polar surface area (TPSA) is 81.7 Å². The molecule has 0 radical (unpaired) electrons. The van der Waals surface area contributed by atoms with Crippen molar-refractivity contribution in [3.05, 3.63) is 143 Å². The molecule has 0 saturated carbocycles. The highest BCUT2D eigenvalue weighted by Gasteiger charge is 2.23. The molecule has 6 heteroatoms. The molecule has 0 heterocycles. The first-order valence-electron chi connectivity index (χ1n) is 13.4. The molecule has 6 nitrogen and oxygen atoms in total.